The molecular formula is C19H20N2O3S. The smallest absolute Gasteiger partial charge is 0.338 e. The molecule has 0 atom stereocenters. The number of carbonyl (C=O) groups is 2. The van der Waals surface area contributed by atoms with Gasteiger partial charge in [0, 0.05) is 5.92 Å². The summed E-state index contributed by atoms with van der Waals surface area (Å²) in [6.07, 6.45) is 9.49. The second kappa shape index (κ2) is 7.66. The van der Waals surface area contributed by atoms with Crippen molar-refractivity contribution >= 4 is 33.4 Å². The van der Waals surface area contributed by atoms with Gasteiger partial charge in [-0.25, -0.2) is 4.79 Å². The van der Waals surface area contributed by atoms with Gasteiger partial charge in [-0.2, -0.15) is 4.99 Å². The largest absolute Gasteiger partial charge is 0.462 e. The number of terminal acetylenes is 1. The van der Waals surface area contributed by atoms with Crippen molar-refractivity contribution in [1.29, 1.82) is 0 Å². The first kappa shape index (κ1) is 17.4. The van der Waals surface area contributed by atoms with E-state index in [2.05, 4.69) is 10.9 Å². The zero-order chi connectivity index (χ0) is 17.8. The molecule has 0 N–H and O–H groups in total. The highest BCUT2D eigenvalue weighted by molar-refractivity contribution is 7.16. The highest BCUT2D eigenvalue weighted by Crippen LogP contribution is 2.26. The Bertz CT molecular complexity index is 911. The van der Waals surface area contributed by atoms with Crippen LogP contribution in [0, 0.1) is 18.3 Å². The Kier molecular flexibility index (Phi) is 5.34. The monoisotopic (exact) mass is 356 g/mol. The fourth-order valence-corrected chi connectivity index (χ4v) is 4.18. The van der Waals surface area contributed by atoms with Gasteiger partial charge in [-0.15, -0.1) is 6.42 Å². The van der Waals surface area contributed by atoms with Gasteiger partial charge in [-0.05, 0) is 38.0 Å². The highest BCUT2D eigenvalue weighted by Gasteiger charge is 2.22. The van der Waals surface area contributed by atoms with E-state index in [4.69, 9.17) is 11.2 Å². The van der Waals surface area contributed by atoms with Crippen LogP contribution in [0.25, 0.3) is 10.2 Å². The van der Waals surface area contributed by atoms with Crippen molar-refractivity contribution in [3.05, 3.63) is 28.6 Å². The topological polar surface area (TPSA) is 60.7 Å². The number of fused-ring (bicyclic) bond motifs is 1. The molecule has 6 heteroatoms. The standard InChI is InChI=1S/C19H20N2O3S/c1-3-11-21-15-10-9-14(18(23)24-4-2)12-16(15)25-19(21)20-17(22)13-7-5-6-8-13/h1,9-10,12-13H,4-8,11H2,2H3. The van der Waals surface area contributed by atoms with Crippen LogP contribution in [0.1, 0.15) is 43.0 Å². The van der Waals surface area contributed by atoms with Crippen molar-refractivity contribution in [2.24, 2.45) is 10.9 Å². The molecule has 1 aromatic heterocycles. The van der Waals surface area contributed by atoms with Gasteiger partial charge in [0.25, 0.3) is 5.91 Å². The van der Waals surface area contributed by atoms with Gasteiger partial charge in [-0.1, -0.05) is 30.1 Å². The molecule has 0 aliphatic heterocycles. The van der Waals surface area contributed by atoms with Gasteiger partial charge < -0.3 is 9.30 Å². The minimum absolute atomic E-state index is 0.0274. The first-order valence-electron chi connectivity index (χ1n) is 8.46. The third-order valence-corrected chi connectivity index (χ3v) is 5.39. The van der Waals surface area contributed by atoms with E-state index in [-0.39, 0.29) is 17.8 Å². The zero-order valence-electron chi connectivity index (χ0n) is 14.2. The second-order valence-corrected chi connectivity index (χ2v) is 7.02. The van der Waals surface area contributed by atoms with E-state index in [1.54, 1.807) is 19.1 Å². The molecule has 1 amide bonds. The Morgan fingerprint density at radius 2 is 2.16 bits per heavy atom. The number of amides is 1. The molecule has 0 unspecified atom stereocenters. The second-order valence-electron chi connectivity index (χ2n) is 6.01. The summed E-state index contributed by atoms with van der Waals surface area (Å²) in [6, 6.07) is 5.31. The van der Waals surface area contributed by atoms with Gasteiger partial charge in [-0.3, -0.25) is 4.79 Å². The number of hydrogen-bond donors (Lipinski definition) is 0. The number of carbonyl (C=O) groups excluding carboxylic acids is 2. The number of benzene rings is 1. The van der Waals surface area contributed by atoms with E-state index >= 15 is 0 Å². The van der Waals surface area contributed by atoms with Gasteiger partial charge in [0.05, 0.1) is 28.9 Å². The molecule has 1 aliphatic carbocycles. The molecule has 2 aromatic rings. The summed E-state index contributed by atoms with van der Waals surface area (Å²) in [7, 11) is 0. The van der Waals surface area contributed by atoms with Gasteiger partial charge >= 0.3 is 5.97 Å². The van der Waals surface area contributed by atoms with Crippen LogP contribution in [-0.4, -0.2) is 23.1 Å². The van der Waals surface area contributed by atoms with Crippen LogP contribution in [0.3, 0.4) is 0 Å². The van der Waals surface area contributed by atoms with Crippen LogP contribution in [0.15, 0.2) is 23.2 Å². The first-order chi connectivity index (χ1) is 12.1. The van der Waals surface area contributed by atoms with E-state index in [1.165, 1.54) is 11.3 Å². The molecule has 0 radical (unpaired) electrons. The SMILES string of the molecule is C#CCn1c(=NC(=O)C2CCCC2)sc2cc(C(=O)OCC)ccc21. The van der Waals surface area contributed by atoms with Crippen molar-refractivity contribution in [2.75, 3.05) is 6.61 Å². The van der Waals surface area contributed by atoms with E-state index in [9.17, 15) is 9.59 Å². The van der Waals surface area contributed by atoms with Crippen LogP contribution in [0.2, 0.25) is 0 Å². The number of nitrogens with zero attached hydrogens (tertiary/aromatic N) is 2. The summed E-state index contributed by atoms with van der Waals surface area (Å²) in [5, 5.41) is 0. The molecular weight excluding hydrogens is 336 g/mol. The average Bonchev–Trinajstić information content (AvgIpc) is 3.24. The highest BCUT2D eigenvalue weighted by atomic mass is 32.1. The molecule has 25 heavy (non-hydrogen) atoms. The predicted molar refractivity (Wildman–Crippen MR) is 97.1 cm³/mol. The van der Waals surface area contributed by atoms with Crippen molar-refractivity contribution in [3.63, 3.8) is 0 Å². The summed E-state index contributed by atoms with van der Waals surface area (Å²) < 4.78 is 7.75. The van der Waals surface area contributed by atoms with Crippen LogP contribution >= 0.6 is 11.3 Å². The number of hydrogen-bond acceptors (Lipinski definition) is 4. The van der Waals surface area contributed by atoms with Gasteiger partial charge in [0.2, 0.25) is 0 Å². The lowest BCUT2D eigenvalue weighted by atomic mass is 10.1. The van der Waals surface area contributed by atoms with Crippen LogP contribution in [-0.2, 0) is 16.1 Å². The minimum Gasteiger partial charge on any atom is -0.462 e. The van der Waals surface area contributed by atoms with Crippen molar-refractivity contribution in [2.45, 2.75) is 39.2 Å². The Hall–Kier alpha value is -2.39. The third kappa shape index (κ3) is 3.67. The molecule has 3 rings (SSSR count). The molecule has 130 valence electrons. The quantitative estimate of drug-likeness (QED) is 0.625. The van der Waals surface area contributed by atoms with Crippen molar-refractivity contribution < 1.29 is 14.3 Å². The van der Waals surface area contributed by atoms with Crippen LogP contribution < -0.4 is 4.80 Å². The average molecular weight is 356 g/mol. The van der Waals surface area contributed by atoms with Crippen molar-refractivity contribution in [1.82, 2.24) is 4.57 Å². The maximum absolute atomic E-state index is 12.4. The van der Waals surface area contributed by atoms with E-state index < -0.39 is 0 Å². The Morgan fingerprint density at radius 1 is 1.40 bits per heavy atom. The molecule has 5 nitrogen and oxygen atoms in total. The van der Waals surface area contributed by atoms with E-state index in [0.29, 0.717) is 23.5 Å². The lowest BCUT2D eigenvalue weighted by Crippen LogP contribution is -2.19. The molecule has 0 spiro atoms. The molecule has 1 saturated carbocycles. The number of esters is 1. The van der Waals surface area contributed by atoms with E-state index in [0.717, 1.165) is 35.9 Å². The zero-order valence-corrected chi connectivity index (χ0v) is 15.0. The minimum atomic E-state index is -0.359. The fourth-order valence-electron chi connectivity index (χ4n) is 3.10. The van der Waals surface area contributed by atoms with Gasteiger partial charge in [0.1, 0.15) is 0 Å². The van der Waals surface area contributed by atoms with Gasteiger partial charge in [0.15, 0.2) is 4.80 Å². The summed E-state index contributed by atoms with van der Waals surface area (Å²) in [5.74, 6) is 2.21. The maximum atomic E-state index is 12.4. The summed E-state index contributed by atoms with van der Waals surface area (Å²) >= 11 is 1.37. The summed E-state index contributed by atoms with van der Waals surface area (Å²) in [4.78, 5) is 29.3. The third-order valence-electron chi connectivity index (χ3n) is 4.35. The predicted octanol–water partition coefficient (Wildman–Crippen LogP) is 3.13. The number of thiazole rings is 1. The van der Waals surface area contributed by atoms with Crippen LogP contribution in [0.5, 0.6) is 0 Å². The summed E-state index contributed by atoms with van der Waals surface area (Å²) in [6.45, 7) is 2.43. The lowest BCUT2D eigenvalue weighted by molar-refractivity contribution is -0.121. The normalized spacial score (nSPS) is 15.4. The van der Waals surface area contributed by atoms with Crippen LogP contribution in [0.4, 0.5) is 0 Å². The Labute approximate surface area is 150 Å². The number of ether oxygens (including phenoxy) is 1. The fraction of sp³-hybridized carbons (Fsp3) is 0.421. The molecule has 0 bridgehead atoms. The Balaban J connectivity index is 2.05. The number of aromatic nitrogens is 1. The number of rotatable bonds is 4. The van der Waals surface area contributed by atoms with E-state index in [1.807, 2.05) is 10.6 Å². The maximum Gasteiger partial charge on any atom is 0.338 e. The van der Waals surface area contributed by atoms with Crippen molar-refractivity contribution in [3.8, 4) is 12.3 Å². The Morgan fingerprint density at radius 3 is 2.84 bits per heavy atom. The first-order valence-corrected chi connectivity index (χ1v) is 9.28. The molecule has 1 fully saturated rings. The molecule has 1 aromatic carbocycles. The molecule has 0 saturated heterocycles. The molecule has 1 aliphatic rings. The lowest BCUT2D eigenvalue weighted by Gasteiger charge is -2.04. The summed E-state index contributed by atoms with van der Waals surface area (Å²) in [5.41, 5.74) is 1.35. The molecule has 1 heterocycles.